The van der Waals surface area contributed by atoms with Gasteiger partial charge in [-0.3, -0.25) is 9.59 Å². The van der Waals surface area contributed by atoms with Gasteiger partial charge in [0.05, 0.1) is 5.92 Å². The molecule has 5 nitrogen and oxygen atoms in total. The van der Waals surface area contributed by atoms with Crippen LogP contribution in [0.15, 0.2) is 18.2 Å². The molecule has 0 bridgehead atoms. The lowest BCUT2D eigenvalue weighted by atomic mass is 9.98. The molecular formula is C17H21NO4. The van der Waals surface area contributed by atoms with E-state index in [2.05, 4.69) is 6.07 Å². The van der Waals surface area contributed by atoms with E-state index in [0.29, 0.717) is 19.5 Å². The molecule has 1 atom stereocenters. The molecule has 2 aliphatic rings. The van der Waals surface area contributed by atoms with Crippen LogP contribution in [0.25, 0.3) is 0 Å². The molecule has 0 radical (unpaired) electrons. The lowest BCUT2D eigenvalue weighted by molar-refractivity contribution is -0.146. The van der Waals surface area contributed by atoms with Crippen molar-refractivity contribution in [3.63, 3.8) is 0 Å². The Morgan fingerprint density at radius 1 is 1.23 bits per heavy atom. The molecule has 22 heavy (non-hydrogen) atoms. The largest absolute Gasteiger partial charge is 0.484 e. The summed E-state index contributed by atoms with van der Waals surface area (Å²) in [6, 6.07) is 6.00. The van der Waals surface area contributed by atoms with E-state index in [1.807, 2.05) is 12.1 Å². The van der Waals surface area contributed by atoms with Gasteiger partial charge >= 0.3 is 5.97 Å². The van der Waals surface area contributed by atoms with Gasteiger partial charge in [0.1, 0.15) is 5.75 Å². The summed E-state index contributed by atoms with van der Waals surface area (Å²) in [6.45, 7) is 0.892. The van der Waals surface area contributed by atoms with Crippen molar-refractivity contribution in [2.45, 2.75) is 32.1 Å². The van der Waals surface area contributed by atoms with Crippen LogP contribution in [0, 0.1) is 5.92 Å². The fourth-order valence-corrected chi connectivity index (χ4v) is 3.28. The molecule has 1 amide bonds. The normalized spacial score (nSPS) is 20.5. The molecule has 1 N–H and O–H groups in total. The first-order valence-electron chi connectivity index (χ1n) is 7.88. The van der Waals surface area contributed by atoms with Gasteiger partial charge in [-0.05, 0) is 55.4 Å². The highest BCUT2D eigenvalue weighted by Gasteiger charge is 2.28. The van der Waals surface area contributed by atoms with Crippen LogP contribution in [-0.2, 0) is 22.4 Å². The van der Waals surface area contributed by atoms with E-state index in [1.165, 1.54) is 17.5 Å². The maximum absolute atomic E-state index is 12.2. The van der Waals surface area contributed by atoms with Crippen LogP contribution >= 0.6 is 0 Å². The molecule has 1 aromatic rings. The maximum atomic E-state index is 12.2. The highest BCUT2D eigenvalue weighted by molar-refractivity contribution is 5.79. The van der Waals surface area contributed by atoms with Crippen LogP contribution in [0.2, 0.25) is 0 Å². The summed E-state index contributed by atoms with van der Waals surface area (Å²) < 4.78 is 5.60. The van der Waals surface area contributed by atoms with Crippen LogP contribution in [0.3, 0.4) is 0 Å². The van der Waals surface area contributed by atoms with Gasteiger partial charge in [-0.15, -0.1) is 0 Å². The van der Waals surface area contributed by atoms with Crippen molar-refractivity contribution in [3.8, 4) is 5.75 Å². The van der Waals surface area contributed by atoms with Gasteiger partial charge in [0.25, 0.3) is 5.91 Å². The third kappa shape index (κ3) is 3.24. The number of rotatable bonds is 4. The molecule has 5 heteroatoms. The number of carboxylic acid groups (broad SMARTS) is 1. The van der Waals surface area contributed by atoms with Gasteiger partial charge in [-0.2, -0.15) is 0 Å². The minimum Gasteiger partial charge on any atom is -0.484 e. The second-order valence-corrected chi connectivity index (χ2v) is 6.09. The summed E-state index contributed by atoms with van der Waals surface area (Å²) in [5.74, 6) is -0.679. The predicted molar refractivity (Wildman–Crippen MR) is 80.9 cm³/mol. The second-order valence-electron chi connectivity index (χ2n) is 6.09. The Hall–Kier alpha value is -2.04. The van der Waals surface area contributed by atoms with Crippen molar-refractivity contribution in [1.82, 2.24) is 4.90 Å². The number of carbonyl (C=O) groups excluding carboxylic acids is 1. The lowest BCUT2D eigenvalue weighted by Crippen LogP contribution is -2.44. The summed E-state index contributed by atoms with van der Waals surface area (Å²) in [5.41, 5.74) is 2.69. The average Bonchev–Trinajstić information content (AvgIpc) is 3.00. The number of nitrogens with zero attached hydrogens (tertiary/aromatic N) is 1. The molecule has 1 heterocycles. The molecule has 1 aromatic carbocycles. The zero-order valence-corrected chi connectivity index (χ0v) is 12.6. The van der Waals surface area contributed by atoms with Crippen LogP contribution in [0.4, 0.5) is 0 Å². The molecule has 0 aromatic heterocycles. The van der Waals surface area contributed by atoms with E-state index >= 15 is 0 Å². The van der Waals surface area contributed by atoms with Crippen LogP contribution < -0.4 is 4.74 Å². The van der Waals surface area contributed by atoms with Crippen LogP contribution in [0.5, 0.6) is 5.75 Å². The summed E-state index contributed by atoms with van der Waals surface area (Å²) in [5, 5.41) is 9.07. The highest BCUT2D eigenvalue weighted by Crippen LogP contribution is 2.26. The van der Waals surface area contributed by atoms with Gasteiger partial charge in [0.2, 0.25) is 0 Å². The summed E-state index contributed by atoms with van der Waals surface area (Å²) in [7, 11) is 0. The van der Waals surface area contributed by atoms with Crippen LogP contribution in [0.1, 0.15) is 30.4 Å². The third-order valence-corrected chi connectivity index (χ3v) is 4.56. The Morgan fingerprint density at radius 2 is 2.05 bits per heavy atom. The summed E-state index contributed by atoms with van der Waals surface area (Å²) in [4.78, 5) is 24.8. The quantitative estimate of drug-likeness (QED) is 0.922. The van der Waals surface area contributed by atoms with E-state index in [0.717, 1.165) is 25.0 Å². The topological polar surface area (TPSA) is 66.8 Å². The number of benzene rings is 1. The van der Waals surface area contributed by atoms with E-state index in [9.17, 15) is 9.59 Å². The molecular weight excluding hydrogens is 282 g/mol. The predicted octanol–water partition coefficient (Wildman–Crippen LogP) is 1.88. The van der Waals surface area contributed by atoms with Gasteiger partial charge in [0, 0.05) is 13.1 Å². The van der Waals surface area contributed by atoms with Gasteiger partial charge < -0.3 is 14.7 Å². The first-order chi connectivity index (χ1) is 10.6. The average molecular weight is 303 g/mol. The molecule has 3 rings (SSSR count). The number of carbonyl (C=O) groups is 2. The standard InChI is InChI=1S/C17H21NO4/c19-16(18-8-2-5-14(10-18)17(20)21)11-22-15-7-6-12-3-1-4-13(12)9-15/h6-7,9,14H,1-5,8,10-11H2,(H,20,21). The van der Waals surface area contributed by atoms with Gasteiger partial charge in [-0.25, -0.2) is 0 Å². The number of aryl methyl sites for hydroxylation is 2. The van der Waals surface area contributed by atoms with E-state index in [1.54, 1.807) is 4.90 Å². The summed E-state index contributed by atoms with van der Waals surface area (Å²) in [6.07, 6.45) is 4.76. The molecule has 1 saturated heterocycles. The Balaban J connectivity index is 1.54. The SMILES string of the molecule is O=C(O)C1CCCN(C(=O)COc2ccc3c(c2)CCC3)C1. The van der Waals surface area contributed by atoms with Crippen molar-refractivity contribution >= 4 is 11.9 Å². The molecule has 1 fully saturated rings. The van der Waals surface area contributed by atoms with E-state index in [4.69, 9.17) is 9.84 Å². The number of fused-ring (bicyclic) bond motifs is 1. The van der Waals surface area contributed by atoms with Crippen LogP contribution in [-0.4, -0.2) is 41.6 Å². The number of amides is 1. The number of hydrogen-bond donors (Lipinski definition) is 1. The minimum atomic E-state index is -0.822. The second kappa shape index (κ2) is 6.38. The molecule has 1 unspecified atom stereocenters. The minimum absolute atomic E-state index is 0.0227. The zero-order valence-electron chi connectivity index (χ0n) is 12.6. The zero-order chi connectivity index (χ0) is 15.5. The van der Waals surface area contributed by atoms with Crippen molar-refractivity contribution in [2.24, 2.45) is 5.92 Å². The molecule has 1 aliphatic heterocycles. The number of aliphatic carboxylic acids is 1. The van der Waals surface area contributed by atoms with Gasteiger partial charge in [0.15, 0.2) is 6.61 Å². The first-order valence-corrected chi connectivity index (χ1v) is 7.88. The summed E-state index contributed by atoms with van der Waals surface area (Å²) >= 11 is 0. The Morgan fingerprint density at radius 3 is 2.86 bits per heavy atom. The fourth-order valence-electron chi connectivity index (χ4n) is 3.28. The fraction of sp³-hybridized carbons (Fsp3) is 0.529. The van der Waals surface area contributed by atoms with Crippen molar-refractivity contribution in [2.75, 3.05) is 19.7 Å². The molecule has 1 aliphatic carbocycles. The van der Waals surface area contributed by atoms with E-state index < -0.39 is 11.9 Å². The number of carboxylic acids is 1. The van der Waals surface area contributed by atoms with Gasteiger partial charge in [-0.1, -0.05) is 6.07 Å². The Labute approximate surface area is 129 Å². The Bertz CT molecular complexity index is 584. The Kier molecular flexibility index (Phi) is 4.32. The number of hydrogen-bond acceptors (Lipinski definition) is 3. The molecule has 118 valence electrons. The molecule has 0 saturated carbocycles. The number of ether oxygens (including phenoxy) is 1. The maximum Gasteiger partial charge on any atom is 0.308 e. The number of likely N-dealkylation sites (tertiary alicyclic amines) is 1. The van der Waals surface area contributed by atoms with Crippen molar-refractivity contribution < 1.29 is 19.4 Å². The highest BCUT2D eigenvalue weighted by atomic mass is 16.5. The van der Waals surface area contributed by atoms with Crippen molar-refractivity contribution in [1.29, 1.82) is 0 Å². The smallest absolute Gasteiger partial charge is 0.308 e. The van der Waals surface area contributed by atoms with E-state index in [-0.39, 0.29) is 12.5 Å². The lowest BCUT2D eigenvalue weighted by Gasteiger charge is -2.30. The first kappa shape index (κ1) is 14.9. The monoisotopic (exact) mass is 303 g/mol. The molecule has 0 spiro atoms. The van der Waals surface area contributed by atoms with Crippen molar-refractivity contribution in [3.05, 3.63) is 29.3 Å². The number of piperidine rings is 1. The third-order valence-electron chi connectivity index (χ3n) is 4.56.